The fraction of sp³-hybridized carbons (Fsp3) is 0.438. The van der Waals surface area contributed by atoms with E-state index in [-0.39, 0.29) is 0 Å². The average molecular weight is 267 g/mol. The normalized spacial score (nSPS) is 22.4. The monoisotopic (exact) mass is 267 g/mol. The van der Waals surface area contributed by atoms with E-state index in [1.54, 1.807) is 12.1 Å². The van der Waals surface area contributed by atoms with Crippen LogP contribution in [0.2, 0.25) is 0 Å². The lowest BCUT2D eigenvalue weighted by Crippen LogP contribution is -2.12. The van der Waals surface area contributed by atoms with Gasteiger partial charge in [-0.05, 0) is 37.0 Å². The molecule has 1 fully saturated rings. The van der Waals surface area contributed by atoms with Crippen molar-refractivity contribution in [3.05, 3.63) is 35.7 Å². The number of aromatic nitrogens is 2. The van der Waals surface area contributed by atoms with Gasteiger partial charge in [-0.1, -0.05) is 31.0 Å². The Bertz CT molecular complexity index is 641. The highest BCUT2D eigenvalue weighted by molar-refractivity contribution is 5.56. The van der Waals surface area contributed by atoms with Gasteiger partial charge in [0.1, 0.15) is 0 Å². The smallest absolute Gasteiger partial charge is 0.257 e. The van der Waals surface area contributed by atoms with Crippen molar-refractivity contribution < 1.29 is 4.52 Å². The highest BCUT2D eigenvalue weighted by Crippen LogP contribution is 2.35. The Morgan fingerprint density at radius 3 is 3.05 bits per heavy atom. The molecule has 0 amide bonds. The minimum absolute atomic E-state index is 0.412. The predicted molar refractivity (Wildman–Crippen MR) is 74.8 cm³/mol. The molecule has 3 rings (SSSR count). The molecule has 1 aromatic heterocycles. The van der Waals surface area contributed by atoms with Crippen LogP contribution in [0, 0.1) is 17.2 Å². The summed E-state index contributed by atoms with van der Waals surface area (Å²) in [4.78, 5) is 4.53. The molecule has 0 N–H and O–H groups in total. The van der Waals surface area contributed by atoms with Crippen molar-refractivity contribution >= 4 is 0 Å². The summed E-state index contributed by atoms with van der Waals surface area (Å²) in [6, 6.07) is 9.39. The molecule has 1 saturated carbocycles. The number of benzene rings is 1. The number of rotatable bonds is 2. The molecule has 1 aliphatic carbocycles. The minimum Gasteiger partial charge on any atom is -0.334 e. The van der Waals surface area contributed by atoms with E-state index in [0.717, 1.165) is 30.1 Å². The molecule has 4 heteroatoms. The number of hydrogen-bond acceptors (Lipinski definition) is 4. The molecule has 1 heterocycles. The summed E-state index contributed by atoms with van der Waals surface area (Å²) in [5.41, 5.74) is 1.42. The van der Waals surface area contributed by atoms with Gasteiger partial charge in [-0.25, -0.2) is 0 Å². The van der Waals surface area contributed by atoms with Crippen LogP contribution in [0.3, 0.4) is 0 Å². The first-order valence-corrected chi connectivity index (χ1v) is 7.10. The van der Waals surface area contributed by atoms with E-state index in [1.165, 1.54) is 12.8 Å². The standard InChI is InChI=1S/C16H17N3O/c1-11-4-2-6-13(8-11)15-18-16(20-19-15)14-7-3-5-12(9-14)10-17/h3,5,7,9,11,13H,2,4,6,8H2,1H3. The summed E-state index contributed by atoms with van der Waals surface area (Å²) in [5, 5.41) is 13.1. The van der Waals surface area contributed by atoms with Gasteiger partial charge in [0.05, 0.1) is 11.6 Å². The van der Waals surface area contributed by atoms with Gasteiger partial charge in [0, 0.05) is 11.5 Å². The lowest BCUT2D eigenvalue weighted by molar-refractivity contribution is 0.324. The molecule has 0 spiro atoms. The maximum Gasteiger partial charge on any atom is 0.257 e. The van der Waals surface area contributed by atoms with Crippen molar-refractivity contribution in [2.45, 2.75) is 38.5 Å². The molecule has 0 saturated heterocycles. The van der Waals surface area contributed by atoms with Crippen LogP contribution in [0.4, 0.5) is 0 Å². The second-order valence-electron chi connectivity index (χ2n) is 5.62. The SMILES string of the molecule is CC1CCCC(c2noc(-c3cccc(C#N)c3)n2)C1. The second kappa shape index (κ2) is 5.46. The molecule has 1 aliphatic rings. The summed E-state index contributed by atoms with van der Waals surface area (Å²) in [6.45, 7) is 2.28. The van der Waals surface area contributed by atoms with E-state index in [0.29, 0.717) is 17.4 Å². The van der Waals surface area contributed by atoms with Crippen molar-refractivity contribution in [1.29, 1.82) is 5.26 Å². The lowest BCUT2D eigenvalue weighted by atomic mass is 9.82. The maximum atomic E-state index is 8.93. The van der Waals surface area contributed by atoms with Crippen LogP contribution >= 0.6 is 0 Å². The van der Waals surface area contributed by atoms with Crippen LogP contribution in [0.25, 0.3) is 11.5 Å². The van der Waals surface area contributed by atoms with E-state index in [1.807, 2.05) is 12.1 Å². The van der Waals surface area contributed by atoms with Crippen molar-refractivity contribution in [3.8, 4) is 17.5 Å². The maximum absolute atomic E-state index is 8.93. The average Bonchev–Trinajstić information content (AvgIpc) is 2.97. The topological polar surface area (TPSA) is 62.7 Å². The third-order valence-corrected chi connectivity index (χ3v) is 3.98. The molecule has 0 bridgehead atoms. The fourth-order valence-electron chi connectivity index (χ4n) is 2.91. The zero-order valence-corrected chi connectivity index (χ0v) is 11.5. The first-order valence-electron chi connectivity index (χ1n) is 7.10. The lowest BCUT2D eigenvalue weighted by Gasteiger charge is -2.23. The van der Waals surface area contributed by atoms with E-state index < -0.39 is 0 Å². The summed E-state index contributed by atoms with van der Waals surface area (Å²) in [6.07, 6.45) is 4.81. The van der Waals surface area contributed by atoms with Gasteiger partial charge in [0.25, 0.3) is 5.89 Å². The number of nitriles is 1. The number of hydrogen-bond donors (Lipinski definition) is 0. The van der Waals surface area contributed by atoms with Crippen LogP contribution in [0.1, 0.15) is 49.9 Å². The quantitative estimate of drug-likeness (QED) is 0.827. The largest absolute Gasteiger partial charge is 0.334 e. The zero-order valence-electron chi connectivity index (χ0n) is 11.5. The second-order valence-corrected chi connectivity index (χ2v) is 5.62. The molecule has 102 valence electrons. The molecule has 0 radical (unpaired) electrons. The van der Waals surface area contributed by atoms with Gasteiger partial charge in [-0.3, -0.25) is 0 Å². The fourth-order valence-corrected chi connectivity index (χ4v) is 2.91. The molecular weight excluding hydrogens is 250 g/mol. The minimum atomic E-state index is 0.412. The Labute approximate surface area is 118 Å². The Hall–Kier alpha value is -2.15. The number of nitrogens with zero attached hydrogens (tertiary/aromatic N) is 3. The highest BCUT2D eigenvalue weighted by Gasteiger charge is 2.24. The van der Waals surface area contributed by atoms with Crippen molar-refractivity contribution in [2.75, 3.05) is 0 Å². The van der Waals surface area contributed by atoms with Crippen LogP contribution in [-0.4, -0.2) is 10.1 Å². The van der Waals surface area contributed by atoms with Gasteiger partial charge in [-0.15, -0.1) is 0 Å². The van der Waals surface area contributed by atoms with Crippen molar-refractivity contribution in [1.82, 2.24) is 10.1 Å². The Kier molecular flexibility index (Phi) is 3.51. The molecule has 0 aliphatic heterocycles. The van der Waals surface area contributed by atoms with Gasteiger partial charge < -0.3 is 4.52 Å². The third-order valence-electron chi connectivity index (χ3n) is 3.98. The first-order chi connectivity index (χ1) is 9.76. The van der Waals surface area contributed by atoms with E-state index in [2.05, 4.69) is 23.1 Å². The van der Waals surface area contributed by atoms with Crippen LogP contribution < -0.4 is 0 Å². The van der Waals surface area contributed by atoms with E-state index in [9.17, 15) is 0 Å². The van der Waals surface area contributed by atoms with Gasteiger partial charge >= 0.3 is 0 Å². The van der Waals surface area contributed by atoms with Gasteiger partial charge in [0.15, 0.2) is 5.82 Å². The highest BCUT2D eigenvalue weighted by atomic mass is 16.5. The molecule has 2 atom stereocenters. The Balaban J connectivity index is 1.84. The molecule has 2 aromatic rings. The summed E-state index contributed by atoms with van der Waals surface area (Å²) >= 11 is 0. The summed E-state index contributed by atoms with van der Waals surface area (Å²) in [7, 11) is 0. The molecule has 1 aromatic carbocycles. The molecule has 2 unspecified atom stereocenters. The van der Waals surface area contributed by atoms with Crippen molar-refractivity contribution in [2.24, 2.45) is 5.92 Å². The molecule has 4 nitrogen and oxygen atoms in total. The zero-order chi connectivity index (χ0) is 13.9. The van der Waals surface area contributed by atoms with Gasteiger partial charge in [-0.2, -0.15) is 10.2 Å². The predicted octanol–water partition coefficient (Wildman–Crippen LogP) is 3.90. The first kappa shape index (κ1) is 12.9. The van der Waals surface area contributed by atoms with Gasteiger partial charge in [0.2, 0.25) is 0 Å². The van der Waals surface area contributed by atoms with Crippen LogP contribution in [0.15, 0.2) is 28.8 Å². The summed E-state index contributed by atoms with van der Waals surface area (Å²) < 4.78 is 5.37. The van der Waals surface area contributed by atoms with Crippen molar-refractivity contribution in [3.63, 3.8) is 0 Å². The third kappa shape index (κ3) is 2.57. The Morgan fingerprint density at radius 1 is 1.35 bits per heavy atom. The molecular formula is C16H17N3O. The van der Waals surface area contributed by atoms with E-state index >= 15 is 0 Å². The molecule has 20 heavy (non-hydrogen) atoms. The summed E-state index contributed by atoms with van der Waals surface area (Å²) in [5.74, 6) is 2.47. The van der Waals surface area contributed by atoms with Crippen LogP contribution in [0.5, 0.6) is 0 Å². The van der Waals surface area contributed by atoms with Crippen LogP contribution in [-0.2, 0) is 0 Å². The van der Waals surface area contributed by atoms with E-state index in [4.69, 9.17) is 9.78 Å². The Morgan fingerprint density at radius 2 is 2.25 bits per heavy atom.